The maximum atomic E-state index is 4.90. The van der Waals surface area contributed by atoms with E-state index in [-0.39, 0.29) is 0 Å². The molecule has 1 aliphatic rings. The summed E-state index contributed by atoms with van der Waals surface area (Å²) in [6, 6.07) is 6.57. The standard InChI is InChI=1S/C11H12.C2H8N2/c1-9-5-4-7-10-6-2-3-8-11(9)10;3-1-2-4/h2-5,7H,6,8H2,1H3;1-4H2. The Morgan fingerprint density at radius 1 is 1.07 bits per heavy atom. The number of nitrogens with two attached hydrogens (primary N) is 2. The van der Waals surface area contributed by atoms with Crippen LogP contribution in [0, 0.1) is 6.92 Å². The van der Waals surface area contributed by atoms with Gasteiger partial charge in [0.05, 0.1) is 0 Å². The molecule has 2 heteroatoms. The zero-order valence-corrected chi connectivity index (χ0v) is 9.37. The van der Waals surface area contributed by atoms with Crippen molar-refractivity contribution in [1.82, 2.24) is 0 Å². The lowest BCUT2D eigenvalue weighted by atomic mass is 9.93. The number of rotatable bonds is 1. The molecule has 82 valence electrons. The van der Waals surface area contributed by atoms with E-state index in [4.69, 9.17) is 11.5 Å². The van der Waals surface area contributed by atoms with Gasteiger partial charge in [-0.2, -0.15) is 0 Å². The van der Waals surface area contributed by atoms with Crippen LogP contribution in [0.25, 0.3) is 0 Å². The molecule has 2 nitrogen and oxygen atoms in total. The monoisotopic (exact) mass is 204 g/mol. The number of fused-ring (bicyclic) bond motifs is 1. The molecule has 0 unspecified atom stereocenters. The van der Waals surface area contributed by atoms with Crippen molar-refractivity contribution in [2.75, 3.05) is 13.1 Å². The van der Waals surface area contributed by atoms with E-state index in [0.29, 0.717) is 13.1 Å². The van der Waals surface area contributed by atoms with Gasteiger partial charge < -0.3 is 11.5 Å². The van der Waals surface area contributed by atoms with Gasteiger partial charge in [0.25, 0.3) is 0 Å². The van der Waals surface area contributed by atoms with Crippen molar-refractivity contribution in [2.24, 2.45) is 11.5 Å². The molecule has 0 saturated heterocycles. The van der Waals surface area contributed by atoms with Gasteiger partial charge in [-0.1, -0.05) is 30.4 Å². The molecule has 0 bridgehead atoms. The van der Waals surface area contributed by atoms with E-state index in [1.165, 1.54) is 16.7 Å². The Morgan fingerprint density at radius 2 is 1.73 bits per heavy atom. The molecule has 1 aromatic carbocycles. The number of hydrogen-bond acceptors (Lipinski definition) is 2. The molecule has 0 saturated carbocycles. The van der Waals surface area contributed by atoms with E-state index in [2.05, 4.69) is 37.3 Å². The van der Waals surface area contributed by atoms with Crippen LogP contribution in [0.4, 0.5) is 0 Å². The second kappa shape index (κ2) is 6.38. The molecule has 15 heavy (non-hydrogen) atoms. The van der Waals surface area contributed by atoms with Gasteiger partial charge in [0, 0.05) is 13.1 Å². The van der Waals surface area contributed by atoms with Gasteiger partial charge in [0.2, 0.25) is 0 Å². The van der Waals surface area contributed by atoms with Gasteiger partial charge in [-0.15, -0.1) is 0 Å². The van der Waals surface area contributed by atoms with E-state index in [9.17, 15) is 0 Å². The summed E-state index contributed by atoms with van der Waals surface area (Å²) in [5.41, 5.74) is 14.3. The van der Waals surface area contributed by atoms with Crippen molar-refractivity contribution in [2.45, 2.75) is 19.8 Å². The molecular formula is C13H20N2. The molecule has 0 aliphatic heterocycles. The summed E-state index contributed by atoms with van der Waals surface area (Å²) in [7, 11) is 0. The smallest absolute Gasteiger partial charge is 0.00461 e. The first-order valence-corrected chi connectivity index (χ1v) is 5.42. The van der Waals surface area contributed by atoms with Gasteiger partial charge in [-0.3, -0.25) is 0 Å². The van der Waals surface area contributed by atoms with Gasteiger partial charge in [0.1, 0.15) is 0 Å². The molecule has 0 radical (unpaired) electrons. The first-order valence-electron chi connectivity index (χ1n) is 5.42. The number of aryl methyl sites for hydroxylation is 1. The molecule has 0 fully saturated rings. The molecule has 1 aliphatic carbocycles. The molecule has 0 atom stereocenters. The highest BCUT2D eigenvalue weighted by Crippen LogP contribution is 2.19. The molecule has 0 amide bonds. The van der Waals surface area contributed by atoms with Crippen LogP contribution in [0.2, 0.25) is 0 Å². The largest absolute Gasteiger partial charge is 0.329 e. The number of hydrogen-bond donors (Lipinski definition) is 2. The highest BCUT2D eigenvalue weighted by atomic mass is 14.6. The second-order valence-electron chi connectivity index (χ2n) is 3.67. The zero-order chi connectivity index (χ0) is 11.1. The third kappa shape index (κ3) is 3.50. The molecule has 0 aromatic heterocycles. The molecule has 4 N–H and O–H groups in total. The van der Waals surface area contributed by atoms with Gasteiger partial charge in [-0.05, 0) is 36.5 Å². The topological polar surface area (TPSA) is 52.0 Å². The van der Waals surface area contributed by atoms with Crippen LogP contribution in [0.1, 0.15) is 16.7 Å². The summed E-state index contributed by atoms with van der Waals surface area (Å²) in [6.45, 7) is 3.39. The van der Waals surface area contributed by atoms with Crippen molar-refractivity contribution in [3.8, 4) is 0 Å². The fraction of sp³-hybridized carbons (Fsp3) is 0.385. The maximum absolute atomic E-state index is 4.90. The van der Waals surface area contributed by atoms with Crippen LogP contribution in [0.15, 0.2) is 30.4 Å². The van der Waals surface area contributed by atoms with Crippen molar-refractivity contribution in [3.63, 3.8) is 0 Å². The Balaban J connectivity index is 0.000000245. The summed E-state index contributed by atoms with van der Waals surface area (Å²) in [4.78, 5) is 0. The summed E-state index contributed by atoms with van der Waals surface area (Å²) in [5.74, 6) is 0. The summed E-state index contributed by atoms with van der Waals surface area (Å²) in [6.07, 6.45) is 6.76. The second-order valence-corrected chi connectivity index (χ2v) is 3.67. The lowest BCUT2D eigenvalue weighted by Gasteiger charge is -2.12. The van der Waals surface area contributed by atoms with Crippen LogP contribution < -0.4 is 11.5 Å². The quantitative estimate of drug-likeness (QED) is 0.682. The predicted octanol–water partition coefficient (Wildman–Crippen LogP) is 1.55. The van der Waals surface area contributed by atoms with E-state index < -0.39 is 0 Å². The maximum Gasteiger partial charge on any atom is 0.00461 e. The SMILES string of the molecule is Cc1cccc2c1CC=CC2.NCCN. The van der Waals surface area contributed by atoms with Crippen molar-refractivity contribution in [3.05, 3.63) is 47.0 Å². The number of benzene rings is 1. The van der Waals surface area contributed by atoms with Gasteiger partial charge in [0.15, 0.2) is 0 Å². The highest BCUT2D eigenvalue weighted by molar-refractivity contribution is 5.39. The van der Waals surface area contributed by atoms with Crippen molar-refractivity contribution in [1.29, 1.82) is 0 Å². The Labute approximate surface area is 92.0 Å². The molecule has 1 aromatic rings. The van der Waals surface area contributed by atoms with Gasteiger partial charge >= 0.3 is 0 Å². The van der Waals surface area contributed by atoms with E-state index >= 15 is 0 Å². The third-order valence-electron chi connectivity index (χ3n) is 2.50. The first-order chi connectivity index (χ1) is 7.29. The molecule has 0 heterocycles. The predicted molar refractivity (Wildman–Crippen MR) is 65.8 cm³/mol. The number of allylic oxidation sites excluding steroid dienone is 2. The fourth-order valence-corrected chi connectivity index (χ4v) is 1.66. The lowest BCUT2D eigenvalue weighted by molar-refractivity contribution is 0.976. The minimum absolute atomic E-state index is 0.597. The summed E-state index contributed by atoms with van der Waals surface area (Å²) < 4.78 is 0. The Bertz CT molecular complexity index is 327. The van der Waals surface area contributed by atoms with E-state index in [1.54, 1.807) is 0 Å². The Hall–Kier alpha value is -1.12. The Morgan fingerprint density at radius 3 is 2.33 bits per heavy atom. The average molecular weight is 204 g/mol. The van der Waals surface area contributed by atoms with Crippen LogP contribution in [0.3, 0.4) is 0 Å². The minimum Gasteiger partial charge on any atom is -0.329 e. The minimum atomic E-state index is 0.597. The van der Waals surface area contributed by atoms with Crippen molar-refractivity contribution >= 4 is 0 Å². The van der Waals surface area contributed by atoms with Crippen LogP contribution >= 0.6 is 0 Å². The van der Waals surface area contributed by atoms with Crippen molar-refractivity contribution < 1.29 is 0 Å². The average Bonchev–Trinajstić information content (AvgIpc) is 2.30. The van der Waals surface area contributed by atoms with E-state index in [1.807, 2.05) is 0 Å². The fourth-order valence-electron chi connectivity index (χ4n) is 1.66. The first kappa shape index (κ1) is 12.0. The molecular weight excluding hydrogens is 184 g/mol. The molecule has 2 rings (SSSR count). The summed E-state index contributed by atoms with van der Waals surface area (Å²) >= 11 is 0. The zero-order valence-electron chi connectivity index (χ0n) is 9.37. The molecule has 0 spiro atoms. The lowest BCUT2D eigenvalue weighted by Crippen LogP contribution is -2.11. The Kier molecular flexibility index (Phi) is 5.08. The van der Waals surface area contributed by atoms with Gasteiger partial charge in [-0.25, -0.2) is 0 Å². The summed E-state index contributed by atoms with van der Waals surface area (Å²) in [5, 5.41) is 0. The van der Waals surface area contributed by atoms with Crippen LogP contribution in [-0.4, -0.2) is 13.1 Å². The third-order valence-corrected chi connectivity index (χ3v) is 2.50. The van der Waals surface area contributed by atoms with Crippen LogP contribution in [0.5, 0.6) is 0 Å². The normalized spacial score (nSPS) is 12.7. The van der Waals surface area contributed by atoms with Crippen LogP contribution in [-0.2, 0) is 12.8 Å². The van der Waals surface area contributed by atoms with E-state index in [0.717, 1.165) is 12.8 Å². The highest BCUT2D eigenvalue weighted by Gasteiger charge is 2.05.